The summed E-state index contributed by atoms with van der Waals surface area (Å²) in [5.41, 5.74) is 11.3. The number of fused-ring (bicyclic) bond motifs is 9. The summed E-state index contributed by atoms with van der Waals surface area (Å²) >= 11 is 1.68. The predicted octanol–water partition coefficient (Wildman–Crippen LogP) is 15.2. The van der Waals surface area contributed by atoms with Gasteiger partial charge in [-0.25, -0.2) is 15.0 Å². The average molecular weight is 827 g/mol. The fourth-order valence-corrected chi connectivity index (χ4v) is 10.7. The number of aromatic nitrogens is 4. The highest BCUT2D eigenvalue weighted by molar-refractivity contribution is 7.26. The van der Waals surface area contributed by atoms with Crippen LogP contribution in [0.25, 0.3) is 104 Å². The molecule has 0 saturated carbocycles. The van der Waals surface area contributed by atoms with Crippen LogP contribution >= 0.6 is 11.3 Å². The van der Waals surface area contributed by atoms with Gasteiger partial charge < -0.3 is 4.57 Å². The Morgan fingerprint density at radius 2 is 1.03 bits per heavy atom. The first-order chi connectivity index (χ1) is 33.7. The van der Waals surface area contributed by atoms with E-state index in [1.807, 2.05) is 66.7 Å². The minimum Gasteiger partial charge on any atom is -0.309 e. The lowest BCUT2D eigenvalue weighted by Gasteiger charge is -2.17. The van der Waals surface area contributed by atoms with E-state index < -0.39 is 0 Å². The van der Waals surface area contributed by atoms with Crippen molar-refractivity contribution in [3.05, 3.63) is 229 Å². The van der Waals surface area contributed by atoms with E-state index in [1.165, 1.54) is 39.9 Å². The minimum atomic E-state index is -0.165. The van der Waals surface area contributed by atoms with Crippen LogP contribution in [-0.2, 0) is 0 Å². The van der Waals surface area contributed by atoms with Crippen molar-refractivity contribution < 1.29 is 8.22 Å². The first-order valence-corrected chi connectivity index (χ1v) is 21.7. The van der Waals surface area contributed by atoms with Crippen LogP contribution in [0.5, 0.6) is 0 Å². The lowest BCUT2D eigenvalue weighted by molar-refractivity contribution is 1.01. The van der Waals surface area contributed by atoms with Crippen molar-refractivity contribution in [3.63, 3.8) is 0 Å². The molecule has 0 saturated heterocycles. The van der Waals surface area contributed by atoms with Gasteiger partial charge in [-0.1, -0.05) is 170 Å². The third kappa shape index (κ3) is 5.71. The summed E-state index contributed by atoms with van der Waals surface area (Å²) in [5, 5.41) is 2.61. The second kappa shape index (κ2) is 14.3. The van der Waals surface area contributed by atoms with Crippen LogP contribution in [-0.4, -0.2) is 19.5 Å². The van der Waals surface area contributed by atoms with Crippen molar-refractivity contribution in [1.29, 1.82) is 0 Å². The summed E-state index contributed by atoms with van der Waals surface area (Å²) in [6.45, 7) is 0. The summed E-state index contributed by atoms with van der Waals surface area (Å²) in [6, 6.07) is 58.1. The molecule has 0 fully saturated rings. The van der Waals surface area contributed by atoms with Crippen molar-refractivity contribution >= 4 is 53.3 Å². The van der Waals surface area contributed by atoms with E-state index in [0.717, 1.165) is 42.4 Å². The van der Waals surface area contributed by atoms with Crippen LogP contribution in [0.2, 0.25) is 0 Å². The molecular formula is C58H36N4S. The van der Waals surface area contributed by atoms with E-state index in [0.29, 0.717) is 28.7 Å². The van der Waals surface area contributed by atoms with E-state index in [-0.39, 0.29) is 64.0 Å². The van der Waals surface area contributed by atoms with Crippen LogP contribution in [0.3, 0.4) is 0 Å². The summed E-state index contributed by atoms with van der Waals surface area (Å²) in [5.74, 6) is 1.51. The predicted molar refractivity (Wildman–Crippen MR) is 262 cm³/mol. The van der Waals surface area contributed by atoms with Gasteiger partial charge in [0.1, 0.15) is 0 Å². The second-order valence-electron chi connectivity index (χ2n) is 15.8. The molecule has 63 heavy (non-hydrogen) atoms. The van der Waals surface area contributed by atoms with Crippen LogP contribution < -0.4 is 0 Å². The molecule has 12 aromatic rings. The molecule has 13 rings (SSSR count). The Bertz CT molecular complexity index is 4040. The molecule has 3 aromatic heterocycles. The Morgan fingerprint density at radius 1 is 0.429 bits per heavy atom. The zero-order valence-corrected chi connectivity index (χ0v) is 34.3. The van der Waals surface area contributed by atoms with Crippen molar-refractivity contribution in [1.82, 2.24) is 19.5 Å². The van der Waals surface area contributed by atoms with Gasteiger partial charge in [0.15, 0.2) is 17.5 Å². The molecule has 9 aromatic carbocycles. The Morgan fingerprint density at radius 3 is 1.81 bits per heavy atom. The van der Waals surface area contributed by atoms with Crippen LogP contribution in [0.1, 0.15) is 30.8 Å². The molecular weight excluding hydrogens is 785 g/mol. The lowest BCUT2D eigenvalue weighted by Crippen LogP contribution is -2.03. The standard InChI is InChI=1S/C58H36N4S/c1-3-16-36(17-4-1)54-45-24-8-7-20-40(45)41-32-30-38(35-49(41)54)57-59-56(37-18-5-2-6-19-37)60-58(61-57)39-31-33-52(62-50-27-12-9-21-42(50)43-22-10-13-28-51(43)62)48(34-39)47-26-15-25-46-44-23-11-14-29-53(44)63-55(46)47/h1-35,54H/i9D,10D,21D,22D,27D,28D. The molecule has 3 heterocycles. The molecule has 294 valence electrons. The Kier molecular flexibility index (Phi) is 6.83. The van der Waals surface area contributed by atoms with Gasteiger partial charge in [0.05, 0.1) is 24.9 Å². The highest BCUT2D eigenvalue weighted by atomic mass is 32.1. The normalized spacial score (nSPS) is 14.6. The van der Waals surface area contributed by atoms with Gasteiger partial charge in [-0.05, 0) is 70.2 Å². The summed E-state index contributed by atoms with van der Waals surface area (Å²) in [4.78, 5) is 15.6. The fourth-order valence-electron chi connectivity index (χ4n) is 9.50. The summed E-state index contributed by atoms with van der Waals surface area (Å²) < 4.78 is 58.1. The first-order valence-electron chi connectivity index (χ1n) is 23.9. The summed E-state index contributed by atoms with van der Waals surface area (Å²) in [7, 11) is 0. The molecule has 1 aliphatic carbocycles. The van der Waals surface area contributed by atoms with Crippen LogP contribution in [0.15, 0.2) is 212 Å². The van der Waals surface area contributed by atoms with E-state index in [9.17, 15) is 2.74 Å². The largest absolute Gasteiger partial charge is 0.309 e. The van der Waals surface area contributed by atoms with Crippen LogP contribution in [0.4, 0.5) is 0 Å². The van der Waals surface area contributed by atoms with Crippen molar-refractivity contribution in [3.8, 4) is 62.1 Å². The van der Waals surface area contributed by atoms with Gasteiger partial charge in [0, 0.05) is 64.7 Å². The Balaban J connectivity index is 1.08. The number of benzene rings is 9. The first kappa shape index (κ1) is 30.1. The zero-order chi connectivity index (χ0) is 46.7. The van der Waals surface area contributed by atoms with Gasteiger partial charge in [0.2, 0.25) is 0 Å². The smallest absolute Gasteiger partial charge is 0.164 e. The molecule has 0 N–H and O–H groups in total. The molecule has 0 aliphatic heterocycles. The molecule has 4 nitrogen and oxygen atoms in total. The Labute approximate surface area is 376 Å². The van der Waals surface area contributed by atoms with E-state index in [1.54, 1.807) is 15.9 Å². The number of hydrogen-bond acceptors (Lipinski definition) is 4. The minimum absolute atomic E-state index is 0.0239. The van der Waals surface area contributed by atoms with E-state index in [2.05, 4.69) is 97.1 Å². The molecule has 0 radical (unpaired) electrons. The molecule has 0 spiro atoms. The average Bonchev–Trinajstić information content (AvgIpc) is 4.06. The number of hydrogen-bond donors (Lipinski definition) is 0. The van der Waals surface area contributed by atoms with Gasteiger partial charge in [-0.2, -0.15) is 0 Å². The summed E-state index contributed by atoms with van der Waals surface area (Å²) in [6.07, 6.45) is 0. The lowest BCUT2D eigenvalue weighted by atomic mass is 9.89. The Hall–Kier alpha value is -7.99. The zero-order valence-electron chi connectivity index (χ0n) is 39.5. The number of nitrogens with zero attached hydrogens (tertiary/aromatic N) is 4. The SMILES string of the molecule is [2H]c1cc([2H])c2c(c1[2H])c1c([2H])c([2H])cc([2H])c1n2-c1ccc(-c2nc(-c3ccccc3)nc(-c3ccc4c(c3)C(c3ccccc3)c3ccccc3-4)n2)cc1-c1cccc2c1sc1ccccc12. The fraction of sp³-hybridized carbons (Fsp3) is 0.0172. The highest BCUT2D eigenvalue weighted by Gasteiger charge is 2.30. The molecule has 5 heteroatoms. The quantitative estimate of drug-likeness (QED) is 0.168. The molecule has 1 unspecified atom stereocenters. The number of thiophene rings is 1. The van der Waals surface area contributed by atoms with Crippen LogP contribution in [0, 0.1) is 0 Å². The molecule has 0 bridgehead atoms. The topological polar surface area (TPSA) is 43.6 Å². The number of rotatable bonds is 6. The molecule has 1 atom stereocenters. The molecule has 0 amide bonds. The van der Waals surface area contributed by atoms with E-state index >= 15 is 0 Å². The highest BCUT2D eigenvalue weighted by Crippen LogP contribution is 2.49. The maximum absolute atomic E-state index is 9.31. The molecule has 1 aliphatic rings. The number of para-hydroxylation sites is 2. The maximum Gasteiger partial charge on any atom is 0.164 e. The second-order valence-corrected chi connectivity index (χ2v) is 16.9. The van der Waals surface area contributed by atoms with Crippen molar-refractivity contribution in [2.24, 2.45) is 0 Å². The van der Waals surface area contributed by atoms with Gasteiger partial charge in [-0.3, -0.25) is 0 Å². The van der Waals surface area contributed by atoms with Crippen molar-refractivity contribution in [2.45, 2.75) is 5.92 Å². The van der Waals surface area contributed by atoms with Gasteiger partial charge in [0.25, 0.3) is 0 Å². The van der Waals surface area contributed by atoms with Gasteiger partial charge in [-0.15, -0.1) is 11.3 Å². The third-order valence-electron chi connectivity index (χ3n) is 12.3. The maximum atomic E-state index is 9.31. The third-order valence-corrected chi connectivity index (χ3v) is 13.5. The van der Waals surface area contributed by atoms with Crippen molar-refractivity contribution in [2.75, 3.05) is 0 Å². The monoisotopic (exact) mass is 826 g/mol. The van der Waals surface area contributed by atoms with Gasteiger partial charge >= 0.3 is 0 Å². The van der Waals surface area contributed by atoms with E-state index in [4.69, 9.17) is 20.4 Å².